The Bertz CT molecular complexity index is 485. The highest BCUT2D eigenvalue weighted by atomic mass is 32.2. The summed E-state index contributed by atoms with van der Waals surface area (Å²) in [5, 5.41) is 9.61. The second-order valence-corrected chi connectivity index (χ2v) is 6.59. The van der Waals surface area contributed by atoms with Gasteiger partial charge in [0.25, 0.3) is 0 Å². The lowest BCUT2D eigenvalue weighted by Gasteiger charge is -2.19. The quantitative estimate of drug-likeness (QED) is 0.817. The van der Waals surface area contributed by atoms with Crippen molar-refractivity contribution in [3.05, 3.63) is 29.8 Å². The van der Waals surface area contributed by atoms with E-state index in [-0.39, 0.29) is 12.5 Å². The summed E-state index contributed by atoms with van der Waals surface area (Å²) >= 11 is 0. The molecule has 1 rings (SSSR count). The normalized spacial score (nSPS) is 15.3. The second kappa shape index (κ2) is 6.31. The highest BCUT2D eigenvalue weighted by Gasteiger charge is 2.16. The zero-order valence-corrected chi connectivity index (χ0v) is 11.7. The minimum atomic E-state index is -3.19. The molecule has 5 heteroatoms. The molecule has 0 saturated carbocycles. The fraction of sp³-hybridized carbons (Fsp3) is 0.538. The number of hydrogen-bond donors (Lipinski definition) is 2. The van der Waals surface area contributed by atoms with Gasteiger partial charge >= 0.3 is 0 Å². The maximum atomic E-state index is 11.5. The van der Waals surface area contributed by atoms with Crippen LogP contribution in [0.2, 0.25) is 0 Å². The zero-order valence-electron chi connectivity index (χ0n) is 10.8. The Kier molecular flexibility index (Phi) is 5.31. The van der Waals surface area contributed by atoms with E-state index in [0.29, 0.717) is 11.3 Å². The zero-order chi connectivity index (χ0) is 13.8. The monoisotopic (exact) mass is 271 g/mol. The molecule has 0 saturated heterocycles. The summed E-state index contributed by atoms with van der Waals surface area (Å²) in [5.41, 5.74) is 6.34. The Labute approximate surface area is 109 Å². The summed E-state index contributed by atoms with van der Waals surface area (Å²) in [7, 11) is -3.19. The Balaban J connectivity index is 3.00. The van der Waals surface area contributed by atoms with Gasteiger partial charge in [0.2, 0.25) is 0 Å². The summed E-state index contributed by atoms with van der Waals surface area (Å²) in [6.07, 6.45) is 2.04. The minimum absolute atomic E-state index is 0.130. The Hall–Kier alpha value is -0.910. The molecule has 0 aliphatic carbocycles. The molecule has 0 bridgehead atoms. The third kappa shape index (κ3) is 4.08. The second-order valence-electron chi connectivity index (χ2n) is 4.58. The lowest BCUT2D eigenvalue weighted by atomic mass is 9.91. The van der Waals surface area contributed by atoms with Gasteiger partial charge < -0.3 is 10.8 Å². The molecule has 102 valence electrons. The first-order valence-electron chi connectivity index (χ1n) is 6.06. The van der Waals surface area contributed by atoms with Crippen LogP contribution in [0, 0.1) is 0 Å². The van der Waals surface area contributed by atoms with E-state index in [4.69, 9.17) is 5.73 Å². The first-order chi connectivity index (χ1) is 8.38. The molecule has 3 N–H and O–H groups in total. The van der Waals surface area contributed by atoms with Crippen LogP contribution >= 0.6 is 0 Å². The average Bonchev–Trinajstić information content (AvgIpc) is 2.34. The van der Waals surface area contributed by atoms with Gasteiger partial charge in [0, 0.05) is 12.8 Å². The van der Waals surface area contributed by atoms with E-state index >= 15 is 0 Å². The van der Waals surface area contributed by atoms with Crippen molar-refractivity contribution in [1.82, 2.24) is 0 Å². The van der Waals surface area contributed by atoms with E-state index in [1.165, 1.54) is 6.26 Å². The van der Waals surface area contributed by atoms with Crippen molar-refractivity contribution < 1.29 is 13.5 Å². The first kappa shape index (κ1) is 15.1. The lowest BCUT2D eigenvalue weighted by molar-refractivity contribution is 0.162. The van der Waals surface area contributed by atoms with Crippen molar-refractivity contribution in [2.45, 2.75) is 36.7 Å². The Morgan fingerprint density at radius 3 is 2.56 bits per heavy atom. The van der Waals surface area contributed by atoms with Crippen LogP contribution < -0.4 is 5.73 Å². The van der Waals surface area contributed by atoms with Crippen LogP contribution in [0.5, 0.6) is 0 Å². The maximum Gasteiger partial charge on any atom is 0.175 e. The molecule has 0 aliphatic rings. The molecule has 0 aromatic heterocycles. The van der Waals surface area contributed by atoms with Gasteiger partial charge in [-0.1, -0.05) is 19.1 Å². The van der Waals surface area contributed by atoms with E-state index in [1.54, 1.807) is 18.2 Å². The molecule has 0 amide bonds. The van der Waals surface area contributed by atoms with Crippen molar-refractivity contribution in [1.29, 1.82) is 0 Å². The molecular formula is C13H21NO3S. The summed E-state index contributed by atoms with van der Waals surface area (Å²) in [6, 6.07) is 6.91. The van der Waals surface area contributed by atoms with E-state index in [0.717, 1.165) is 12.0 Å². The predicted molar refractivity (Wildman–Crippen MR) is 72.3 cm³/mol. The standard InChI is InChI=1S/C13H21NO3S/c1-3-10(7-12(15)9-14)11-5-4-6-13(8-11)18(2,16)17/h4-6,8,10,12,15H,3,7,9,14H2,1-2H3. The molecule has 2 unspecified atom stereocenters. The molecule has 1 aromatic carbocycles. The topological polar surface area (TPSA) is 80.4 Å². The molecule has 0 radical (unpaired) electrons. The van der Waals surface area contributed by atoms with E-state index in [1.807, 2.05) is 13.0 Å². The Morgan fingerprint density at radius 2 is 2.06 bits per heavy atom. The fourth-order valence-electron chi connectivity index (χ4n) is 1.96. The van der Waals surface area contributed by atoms with Crippen LogP contribution in [0.4, 0.5) is 0 Å². The van der Waals surface area contributed by atoms with Crippen LogP contribution in [0.15, 0.2) is 29.2 Å². The number of sulfone groups is 1. The molecule has 0 aliphatic heterocycles. The SMILES string of the molecule is CCC(CC(O)CN)c1cccc(S(C)(=O)=O)c1. The van der Waals surface area contributed by atoms with Crippen molar-refractivity contribution in [3.8, 4) is 0 Å². The highest BCUT2D eigenvalue weighted by molar-refractivity contribution is 7.90. The number of rotatable bonds is 6. The van der Waals surface area contributed by atoms with Gasteiger partial charge in [-0.05, 0) is 36.5 Å². The van der Waals surface area contributed by atoms with Gasteiger partial charge in [0.15, 0.2) is 9.84 Å². The van der Waals surface area contributed by atoms with Crippen LogP contribution in [0.1, 0.15) is 31.2 Å². The predicted octanol–water partition coefficient (Wildman–Crippen LogP) is 1.29. The summed E-state index contributed by atoms with van der Waals surface area (Å²) < 4.78 is 23.0. The number of benzene rings is 1. The van der Waals surface area contributed by atoms with Crippen LogP contribution in [-0.2, 0) is 9.84 Å². The van der Waals surface area contributed by atoms with Crippen molar-refractivity contribution >= 4 is 9.84 Å². The largest absolute Gasteiger partial charge is 0.392 e. The molecule has 0 heterocycles. The van der Waals surface area contributed by atoms with Gasteiger partial charge in [0.05, 0.1) is 11.0 Å². The van der Waals surface area contributed by atoms with Crippen LogP contribution in [0.3, 0.4) is 0 Å². The van der Waals surface area contributed by atoms with Crippen molar-refractivity contribution in [3.63, 3.8) is 0 Å². The molecular weight excluding hydrogens is 250 g/mol. The average molecular weight is 271 g/mol. The molecule has 0 fully saturated rings. The molecule has 4 nitrogen and oxygen atoms in total. The fourth-order valence-corrected chi connectivity index (χ4v) is 2.64. The lowest BCUT2D eigenvalue weighted by Crippen LogP contribution is -2.22. The van der Waals surface area contributed by atoms with Gasteiger partial charge in [0.1, 0.15) is 0 Å². The molecule has 18 heavy (non-hydrogen) atoms. The number of hydrogen-bond acceptors (Lipinski definition) is 4. The van der Waals surface area contributed by atoms with E-state index < -0.39 is 15.9 Å². The Morgan fingerprint density at radius 1 is 1.39 bits per heavy atom. The van der Waals surface area contributed by atoms with Gasteiger partial charge in [-0.25, -0.2) is 8.42 Å². The minimum Gasteiger partial charge on any atom is -0.392 e. The molecule has 0 spiro atoms. The van der Waals surface area contributed by atoms with Crippen LogP contribution in [0.25, 0.3) is 0 Å². The van der Waals surface area contributed by atoms with E-state index in [9.17, 15) is 13.5 Å². The van der Waals surface area contributed by atoms with Gasteiger partial charge in [-0.2, -0.15) is 0 Å². The van der Waals surface area contributed by atoms with Crippen LogP contribution in [-0.4, -0.2) is 32.4 Å². The number of nitrogens with two attached hydrogens (primary N) is 1. The van der Waals surface area contributed by atoms with Gasteiger partial charge in [-0.15, -0.1) is 0 Å². The maximum absolute atomic E-state index is 11.5. The van der Waals surface area contributed by atoms with E-state index in [2.05, 4.69) is 0 Å². The number of aliphatic hydroxyl groups excluding tert-OH is 1. The smallest absolute Gasteiger partial charge is 0.175 e. The van der Waals surface area contributed by atoms with Gasteiger partial charge in [-0.3, -0.25) is 0 Å². The molecule has 2 atom stereocenters. The van der Waals surface area contributed by atoms with Crippen molar-refractivity contribution in [2.24, 2.45) is 5.73 Å². The third-order valence-electron chi connectivity index (χ3n) is 3.08. The molecule has 1 aromatic rings. The third-order valence-corrected chi connectivity index (χ3v) is 4.19. The summed E-state index contributed by atoms with van der Waals surface area (Å²) in [4.78, 5) is 0.320. The summed E-state index contributed by atoms with van der Waals surface area (Å²) in [6.45, 7) is 2.24. The first-order valence-corrected chi connectivity index (χ1v) is 7.95. The van der Waals surface area contributed by atoms with Crippen molar-refractivity contribution in [2.75, 3.05) is 12.8 Å². The highest BCUT2D eigenvalue weighted by Crippen LogP contribution is 2.26. The summed E-state index contributed by atoms with van der Waals surface area (Å²) in [5.74, 6) is 0.130. The number of aliphatic hydroxyl groups is 1.